The molecule has 2 aromatic rings. The third-order valence-corrected chi connectivity index (χ3v) is 3.78. The van der Waals surface area contributed by atoms with Crippen LogP contribution in [0, 0.1) is 0 Å². The topological polar surface area (TPSA) is 104 Å². The number of nitrogens with one attached hydrogen (secondary N) is 3. The van der Waals surface area contributed by atoms with E-state index >= 15 is 0 Å². The summed E-state index contributed by atoms with van der Waals surface area (Å²) in [6.45, 7) is 1.88. The molecule has 0 saturated carbocycles. The van der Waals surface area contributed by atoms with Gasteiger partial charge < -0.3 is 4.98 Å². The Kier molecular flexibility index (Phi) is 3.25. The van der Waals surface area contributed by atoms with Crippen molar-refractivity contribution >= 4 is 10.0 Å². The average molecular weight is 255 g/mol. The summed E-state index contributed by atoms with van der Waals surface area (Å²) < 4.78 is 26.5. The smallest absolute Gasteiger partial charge is 0.244 e. The molecule has 8 heteroatoms. The lowest BCUT2D eigenvalue weighted by Crippen LogP contribution is -2.28. The Bertz CT molecular complexity index is 546. The summed E-state index contributed by atoms with van der Waals surface area (Å²) in [5.41, 5.74) is 0. The summed E-state index contributed by atoms with van der Waals surface area (Å²) in [4.78, 5) is 7.05. The summed E-state index contributed by atoms with van der Waals surface area (Å²) >= 11 is 0. The maximum absolute atomic E-state index is 11.9. The zero-order chi connectivity index (χ0) is 12.3. The Hall–Kier alpha value is -1.67. The second-order valence-electron chi connectivity index (χ2n) is 3.49. The van der Waals surface area contributed by atoms with Crippen LogP contribution in [0.4, 0.5) is 0 Å². The van der Waals surface area contributed by atoms with Crippen molar-refractivity contribution in [1.82, 2.24) is 24.9 Å². The third kappa shape index (κ3) is 2.53. The van der Waals surface area contributed by atoms with Gasteiger partial charge in [0.1, 0.15) is 10.7 Å². The molecule has 0 aliphatic rings. The van der Waals surface area contributed by atoms with Gasteiger partial charge in [-0.25, -0.2) is 18.1 Å². The van der Waals surface area contributed by atoms with Crippen molar-refractivity contribution in [2.75, 3.05) is 0 Å². The number of aromatic nitrogens is 4. The van der Waals surface area contributed by atoms with Crippen LogP contribution in [0.2, 0.25) is 0 Å². The number of H-pyrrole nitrogens is 2. The van der Waals surface area contributed by atoms with E-state index in [4.69, 9.17) is 0 Å². The molecule has 0 aromatic carbocycles. The Morgan fingerprint density at radius 1 is 1.53 bits per heavy atom. The van der Waals surface area contributed by atoms with Crippen molar-refractivity contribution in [3.05, 3.63) is 30.6 Å². The van der Waals surface area contributed by atoms with Gasteiger partial charge in [0.2, 0.25) is 10.0 Å². The number of nitrogens with zero attached hydrogens (tertiary/aromatic N) is 2. The first-order chi connectivity index (χ1) is 8.13. The van der Waals surface area contributed by atoms with E-state index in [1.54, 1.807) is 12.4 Å². The molecule has 7 nitrogen and oxygen atoms in total. The maximum atomic E-state index is 11.9. The van der Waals surface area contributed by atoms with Crippen molar-refractivity contribution in [2.24, 2.45) is 0 Å². The summed E-state index contributed by atoms with van der Waals surface area (Å²) in [5.74, 6) is 0.597. The summed E-state index contributed by atoms with van der Waals surface area (Å²) in [7, 11) is -3.56. The molecule has 2 heterocycles. The van der Waals surface area contributed by atoms with Crippen LogP contribution in [-0.2, 0) is 10.0 Å². The van der Waals surface area contributed by atoms with Crippen LogP contribution in [0.15, 0.2) is 29.7 Å². The average Bonchev–Trinajstić information content (AvgIpc) is 2.97. The zero-order valence-electron chi connectivity index (χ0n) is 9.21. The van der Waals surface area contributed by atoms with E-state index in [2.05, 4.69) is 24.9 Å². The Balaban J connectivity index is 2.20. The summed E-state index contributed by atoms with van der Waals surface area (Å²) in [5, 5.41) is 6.09. The highest BCUT2D eigenvalue weighted by molar-refractivity contribution is 7.89. The van der Waals surface area contributed by atoms with Gasteiger partial charge in [0.25, 0.3) is 0 Å². The van der Waals surface area contributed by atoms with Crippen molar-refractivity contribution in [2.45, 2.75) is 24.3 Å². The van der Waals surface area contributed by atoms with Gasteiger partial charge in [-0.1, -0.05) is 6.92 Å². The van der Waals surface area contributed by atoms with Gasteiger partial charge in [0, 0.05) is 18.6 Å². The van der Waals surface area contributed by atoms with Crippen molar-refractivity contribution < 1.29 is 8.42 Å². The van der Waals surface area contributed by atoms with Crippen LogP contribution in [-0.4, -0.2) is 28.6 Å². The van der Waals surface area contributed by atoms with E-state index in [1.807, 2.05) is 6.92 Å². The van der Waals surface area contributed by atoms with Crippen molar-refractivity contribution in [1.29, 1.82) is 0 Å². The quantitative estimate of drug-likeness (QED) is 0.726. The van der Waals surface area contributed by atoms with E-state index in [1.165, 1.54) is 12.4 Å². The number of sulfonamides is 1. The molecule has 92 valence electrons. The standard InChI is InChI=1S/C9H13N5O2S/c1-2-8(9-10-3-4-11-9)14-17(15,16)7-5-12-13-6-7/h3-6,8,14H,2H2,1H3,(H,10,11)(H,12,13). The first-order valence-corrected chi connectivity index (χ1v) is 6.62. The fourth-order valence-corrected chi connectivity index (χ4v) is 2.63. The van der Waals surface area contributed by atoms with Crippen molar-refractivity contribution in [3.8, 4) is 0 Å². The lowest BCUT2D eigenvalue weighted by Gasteiger charge is -2.13. The van der Waals surface area contributed by atoms with E-state index in [0.717, 1.165) is 0 Å². The number of imidazole rings is 1. The minimum Gasteiger partial charge on any atom is -0.347 e. The van der Waals surface area contributed by atoms with Crippen LogP contribution < -0.4 is 4.72 Å². The predicted molar refractivity (Wildman–Crippen MR) is 60.5 cm³/mol. The molecular formula is C9H13N5O2S. The van der Waals surface area contributed by atoms with E-state index in [-0.39, 0.29) is 10.9 Å². The van der Waals surface area contributed by atoms with Crippen LogP contribution in [0.3, 0.4) is 0 Å². The van der Waals surface area contributed by atoms with Gasteiger partial charge in [-0.15, -0.1) is 0 Å². The summed E-state index contributed by atoms with van der Waals surface area (Å²) in [6.07, 6.45) is 6.44. The fraction of sp³-hybridized carbons (Fsp3) is 0.333. The molecule has 0 spiro atoms. The number of aromatic amines is 2. The molecule has 1 unspecified atom stereocenters. The molecule has 1 atom stereocenters. The lowest BCUT2D eigenvalue weighted by molar-refractivity contribution is 0.539. The van der Waals surface area contributed by atoms with Gasteiger partial charge in [-0.3, -0.25) is 5.10 Å². The second-order valence-corrected chi connectivity index (χ2v) is 5.20. The van der Waals surface area contributed by atoms with Gasteiger partial charge in [0.05, 0.1) is 12.2 Å². The summed E-state index contributed by atoms with van der Waals surface area (Å²) in [6, 6.07) is -0.370. The highest BCUT2D eigenvalue weighted by Crippen LogP contribution is 2.16. The molecule has 0 saturated heterocycles. The van der Waals surface area contributed by atoms with Gasteiger partial charge in [0.15, 0.2) is 0 Å². The van der Waals surface area contributed by atoms with E-state index < -0.39 is 10.0 Å². The highest BCUT2D eigenvalue weighted by Gasteiger charge is 2.22. The Morgan fingerprint density at radius 2 is 2.35 bits per heavy atom. The number of hydrogen-bond acceptors (Lipinski definition) is 4. The minimum atomic E-state index is -3.56. The highest BCUT2D eigenvalue weighted by atomic mass is 32.2. The van der Waals surface area contributed by atoms with Crippen molar-refractivity contribution in [3.63, 3.8) is 0 Å². The van der Waals surface area contributed by atoms with Gasteiger partial charge >= 0.3 is 0 Å². The molecular weight excluding hydrogens is 242 g/mol. The Morgan fingerprint density at radius 3 is 2.88 bits per heavy atom. The fourth-order valence-electron chi connectivity index (χ4n) is 1.44. The van der Waals surface area contributed by atoms with Gasteiger partial charge in [-0.2, -0.15) is 5.10 Å². The largest absolute Gasteiger partial charge is 0.347 e. The lowest BCUT2D eigenvalue weighted by atomic mass is 10.2. The van der Waals surface area contributed by atoms with Crippen LogP contribution >= 0.6 is 0 Å². The first-order valence-electron chi connectivity index (χ1n) is 5.14. The molecule has 0 amide bonds. The zero-order valence-corrected chi connectivity index (χ0v) is 10.0. The van der Waals surface area contributed by atoms with Crippen LogP contribution in [0.5, 0.6) is 0 Å². The molecule has 2 aromatic heterocycles. The van der Waals surface area contributed by atoms with Crippen LogP contribution in [0.25, 0.3) is 0 Å². The molecule has 0 aliphatic heterocycles. The predicted octanol–water partition coefficient (Wildman–Crippen LogP) is 0.562. The second kappa shape index (κ2) is 4.68. The molecule has 0 radical (unpaired) electrons. The number of rotatable bonds is 5. The van der Waals surface area contributed by atoms with Crippen LogP contribution in [0.1, 0.15) is 25.2 Å². The first kappa shape index (κ1) is 11.8. The normalized spacial score (nSPS) is 13.7. The molecule has 0 bridgehead atoms. The SMILES string of the molecule is CCC(NS(=O)(=O)c1cn[nH]c1)c1ncc[nH]1. The third-order valence-electron chi connectivity index (χ3n) is 2.34. The minimum absolute atomic E-state index is 0.113. The van der Waals surface area contributed by atoms with E-state index in [0.29, 0.717) is 12.2 Å². The number of hydrogen-bond donors (Lipinski definition) is 3. The molecule has 3 N–H and O–H groups in total. The molecule has 17 heavy (non-hydrogen) atoms. The van der Waals surface area contributed by atoms with Gasteiger partial charge in [-0.05, 0) is 6.42 Å². The maximum Gasteiger partial charge on any atom is 0.244 e. The molecule has 2 rings (SSSR count). The Labute approximate surface area is 98.7 Å². The van der Waals surface area contributed by atoms with E-state index in [9.17, 15) is 8.42 Å². The monoisotopic (exact) mass is 255 g/mol. The molecule has 0 fully saturated rings. The molecule has 0 aliphatic carbocycles.